The maximum atomic E-state index is 13.7. The van der Waals surface area contributed by atoms with Gasteiger partial charge in [-0.15, -0.1) is 0 Å². The van der Waals surface area contributed by atoms with Crippen LogP contribution in [-0.2, 0) is 9.53 Å². The number of para-hydroxylation sites is 1. The molecule has 42 heavy (non-hydrogen) atoms. The first kappa shape index (κ1) is 29.3. The van der Waals surface area contributed by atoms with Crippen molar-refractivity contribution in [1.82, 2.24) is 9.66 Å². The lowest BCUT2D eigenvalue weighted by Crippen LogP contribution is -2.25. The Morgan fingerprint density at radius 2 is 1.86 bits per heavy atom. The van der Waals surface area contributed by atoms with Crippen molar-refractivity contribution in [2.75, 3.05) is 20.8 Å². The maximum Gasteiger partial charge on any atom is 0.346 e. The minimum atomic E-state index is -0.885. The highest BCUT2D eigenvalue weighted by Crippen LogP contribution is 2.43. The molecule has 5 aromatic rings. The lowest BCUT2D eigenvalue weighted by Gasteiger charge is -2.19. The van der Waals surface area contributed by atoms with Gasteiger partial charge in [0.1, 0.15) is 11.3 Å². The van der Waals surface area contributed by atoms with Crippen LogP contribution in [0.2, 0.25) is 0 Å². The highest BCUT2D eigenvalue weighted by atomic mass is 79.9. The van der Waals surface area contributed by atoms with Gasteiger partial charge in [-0.2, -0.15) is 9.78 Å². The Morgan fingerprint density at radius 1 is 1.07 bits per heavy atom. The van der Waals surface area contributed by atoms with E-state index in [2.05, 4.69) is 37.0 Å². The molecular weight excluding hydrogens is 674 g/mol. The molecule has 2 aromatic heterocycles. The van der Waals surface area contributed by atoms with Crippen molar-refractivity contribution in [2.24, 2.45) is 5.10 Å². The molecule has 10 nitrogen and oxygen atoms in total. The number of nitrogens with zero attached hydrogens (tertiary/aromatic N) is 3. The molecule has 0 aliphatic heterocycles. The minimum absolute atomic E-state index is 0.209. The first-order chi connectivity index (χ1) is 20.3. The van der Waals surface area contributed by atoms with E-state index in [1.807, 2.05) is 31.2 Å². The van der Waals surface area contributed by atoms with E-state index in [9.17, 15) is 9.59 Å². The summed E-state index contributed by atoms with van der Waals surface area (Å²) in [5, 5.41) is 5.68. The fourth-order valence-corrected chi connectivity index (χ4v) is 5.21. The fraction of sp³-hybridized carbons (Fsp3) is 0.200. The van der Waals surface area contributed by atoms with Gasteiger partial charge in [0.15, 0.2) is 23.4 Å². The highest BCUT2D eigenvalue weighted by molar-refractivity contribution is 9.13. The SMILES string of the molecule is CCOc1cc(C=Nn2c(-c3cc4c(OC)cccc4o3)nc3ccccc3c2=O)c(Br)c(Br)c1O[C@H](C)C(=O)OC. The van der Waals surface area contributed by atoms with Gasteiger partial charge >= 0.3 is 5.97 Å². The quantitative estimate of drug-likeness (QED) is 0.126. The molecule has 0 unspecified atom stereocenters. The van der Waals surface area contributed by atoms with Gasteiger partial charge in [-0.25, -0.2) is 9.78 Å². The molecule has 2 heterocycles. The van der Waals surface area contributed by atoms with Crippen LogP contribution in [-0.4, -0.2) is 48.8 Å². The van der Waals surface area contributed by atoms with Crippen molar-refractivity contribution >= 4 is 65.9 Å². The molecule has 0 aliphatic carbocycles. The van der Waals surface area contributed by atoms with Crippen molar-refractivity contribution in [2.45, 2.75) is 20.0 Å². The Bertz CT molecular complexity index is 1900. The lowest BCUT2D eigenvalue weighted by atomic mass is 10.2. The second-order valence-electron chi connectivity index (χ2n) is 8.93. The molecule has 0 amide bonds. The summed E-state index contributed by atoms with van der Waals surface area (Å²) in [6, 6.07) is 15.9. The number of esters is 1. The van der Waals surface area contributed by atoms with E-state index in [0.29, 0.717) is 60.6 Å². The Hall–Kier alpha value is -4.16. The number of halogens is 2. The first-order valence-electron chi connectivity index (χ1n) is 12.8. The minimum Gasteiger partial charge on any atom is -0.496 e. The van der Waals surface area contributed by atoms with Crippen LogP contribution in [0.1, 0.15) is 19.4 Å². The number of rotatable bonds is 9. The van der Waals surface area contributed by atoms with E-state index in [1.165, 1.54) is 18.0 Å². The summed E-state index contributed by atoms with van der Waals surface area (Å²) in [7, 11) is 2.87. The van der Waals surface area contributed by atoms with E-state index in [4.69, 9.17) is 28.3 Å². The van der Waals surface area contributed by atoms with E-state index in [1.54, 1.807) is 44.4 Å². The number of fused-ring (bicyclic) bond motifs is 2. The third-order valence-electron chi connectivity index (χ3n) is 6.31. The molecule has 0 bridgehead atoms. The normalized spacial score (nSPS) is 12.1. The highest BCUT2D eigenvalue weighted by Gasteiger charge is 2.23. The lowest BCUT2D eigenvalue weighted by molar-refractivity contribution is -0.148. The number of aromatic nitrogens is 2. The van der Waals surface area contributed by atoms with Gasteiger partial charge in [-0.1, -0.05) is 18.2 Å². The van der Waals surface area contributed by atoms with Crippen LogP contribution >= 0.6 is 31.9 Å². The molecule has 0 fully saturated rings. The largest absolute Gasteiger partial charge is 0.496 e. The molecule has 1 atom stereocenters. The molecule has 3 aromatic carbocycles. The Morgan fingerprint density at radius 3 is 2.60 bits per heavy atom. The van der Waals surface area contributed by atoms with Gasteiger partial charge in [0.05, 0.1) is 47.8 Å². The molecular formula is C30H25Br2N3O7. The monoisotopic (exact) mass is 697 g/mol. The molecule has 0 N–H and O–H groups in total. The van der Waals surface area contributed by atoms with Crippen molar-refractivity contribution in [1.29, 1.82) is 0 Å². The van der Waals surface area contributed by atoms with E-state index in [-0.39, 0.29) is 11.4 Å². The number of benzene rings is 3. The molecule has 0 saturated heterocycles. The predicted octanol–water partition coefficient (Wildman–Crippen LogP) is 6.56. The van der Waals surface area contributed by atoms with Gasteiger partial charge in [0.2, 0.25) is 5.82 Å². The molecule has 0 spiro atoms. The van der Waals surface area contributed by atoms with Crippen molar-refractivity contribution < 1.29 is 28.2 Å². The number of hydrogen-bond donors (Lipinski definition) is 0. The van der Waals surface area contributed by atoms with Crippen LogP contribution in [0.25, 0.3) is 33.5 Å². The average Bonchev–Trinajstić information content (AvgIpc) is 3.45. The summed E-state index contributed by atoms with van der Waals surface area (Å²) in [6.07, 6.45) is 0.610. The number of methoxy groups -OCH3 is 2. The summed E-state index contributed by atoms with van der Waals surface area (Å²) >= 11 is 7.11. The topological polar surface area (TPSA) is 114 Å². The first-order valence-corrected chi connectivity index (χ1v) is 14.4. The summed E-state index contributed by atoms with van der Waals surface area (Å²) in [6.45, 7) is 3.74. The van der Waals surface area contributed by atoms with Crippen LogP contribution in [0.4, 0.5) is 0 Å². The third-order valence-corrected chi connectivity index (χ3v) is 8.45. The van der Waals surface area contributed by atoms with E-state index in [0.717, 1.165) is 5.39 Å². The summed E-state index contributed by atoms with van der Waals surface area (Å²) in [5.41, 5.74) is 1.25. The Labute approximate surface area is 257 Å². The zero-order valence-corrected chi connectivity index (χ0v) is 26.2. The number of furan rings is 1. The molecule has 12 heteroatoms. The Kier molecular flexibility index (Phi) is 8.64. The molecule has 0 saturated carbocycles. The van der Waals surface area contributed by atoms with Gasteiger partial charge in [-0.3, -0.25) is 4.79 Å². The summed E-state index contributed by atoms with van der Waals surface area (Å²) in [5.74, 6) is 1.30. The van der Waals surface area contributed by atoms with E-state index >= 15 is 0 Å². The molecule has 5 rings (SSSR count). The van der Waals surface area contributed by atoms with Gasteiger partial charge < -0.3 is 23.4 Å². The maximum absolute atomic E-state index is 13.7. The fourth-order valence-electron chi connectivity index (χ4n) is 4.29. The number of ether oxygens (including phenoxy) is 4. The smallest absolute Gasteiger partial charge is 0.346 e. The Balaban J connectivity index is 1.66. The predicted molar refractivity (Wildman–Crippen MR) is 166 cm³/mol. The summed E-state index contributed by atoms with van der Waals surface area (Å²) in [4.78, 5) is 30.4. The zero-order chi connectivity index (χ0) is 30.0. The summed E-state index contributed by atoms with van der Waals surface area (Å²) < 4.78 is 30.3. The second-order valence-corrected chi connectivity index (χ2v) is 10.5. The van der Waals surface area contributed by atoms with Crippen LogP contribution in [0.5, 0.6) is 17.2 Å². The number of hydrogen-bond acceptors (Lipinski definition) is 9. The van der Waals surface area contributed by atoms with Crippen LogP contribution < -0.4 is 19.8 Å². The second kappa shape index (κ2) is 12.4. The van der Waals surface area contributed by atoms with E-state index < -0.39 is 12.1 Å². The van der Waals surface area contributed by atoms with Crippen LogP contribution in [0, 0.1) is 0 Å². The number of carbonyl (C=O) groups excluding carboxylic acids is 1. The molecule has 0 aliphatic rings. The van der Waals surface area contributed by atoms with Crippen molar-refractivity contribution in [3.8, 4) is 28.8 Å². The van der Waals surface area contributed by atoms with Crippen molar-refractivity contribution in [3.05, 3.63) is 79.5 Å². The number of carbonyl (C=O) groups is 1. The van der Waals surface area contributed by atoms with Gasteiger partial charge in [0, 0.05) is 10.0 Å². The van der Waals surface area contributed by atoms with Crippen molar-refractivity contribution in [3.63, 3.8) is 0 Å². The molecule has 216 valence electrons. The van der Waals surface area contributed by atoms with Gasteiger partial charge in [0.25, 0.3) is 5.56 Å². The zero-order valence-electron chi connectivity index (χ0n) is 23.0. The van der Waals surface area contributed by atoms with Crippen LogP contribution in [0.3, 0.4) is 0 Å². The van der Waals surface area contributed by atoms with Gasteiger partial charge in [-0.05, 0) is 82.1 Å². The average molecular weight is 699 g/mol. The third kappa shape index (κ3) is 5.51. The molecule has 0 radical (unpaired) electrons. The van der Waals surface area contributed by atoms with Crippen LogP contribution in [0.15, 0.2) is 77.9 Å². The standard InChI is InChI=1S/C30H25Br2N3O7/c1-5-40-23-13-17(25(31)26(32)27(23)41-16(2)30(37)39-4)15-33-35-28(34-20-10-7-6-9-18(20)29(35)36)24-14-19-21(38-3)11-8-12-22(19)42-24/h6-16H,5H2,1-4H3/t16-/m1/s1.